The Kier molecular flexibility index (Phi) is 13.0. The fraction of sp³-hybridized carbons (Fsp3) is 0.263. The molecule has 10 heteroatoms. The number of rotatable bonds is 18. The van der Waals surface area contributed by atoms with Gasteiger partial charge in [-0.1, -0.05) is 78.9 Å². The first-order chi connectivity index (χ1) is 23.5. The van der Waals surface area contributed by atoms with E-state index in [9.17, 15) is 9.59 Å². The van der Waals surface area contributed by atoms with Gasteiger partial charge in [0.05, 0.1) is 12.8 Å². The normalized spacial score (nSPS) is 12.2. The van der Waals surface area contributed by atoms with Crippen LogP contribution < -0.4 is 18.9 Å². The van der Waals surface area contributed by atoms with Crippen molar-refractivity contribution in [1.82, 2.24) is 0 Å². The molecular weight excluding hydrogens is 655 g/mol. The third-order valence-electron chi connectivity index (χ3n) is 7.22. The van der Waals surface area contributed by atoms with E-state index < -0.39 is 24.1 Å². The summed E-state index contributed by atoms with van der Waals surface area (Å²) in [6.45, 7) is 0.202. The Morgan fingerprint density at radius 3 is 1.35 bits per heavy atom. The van der Waals surface area contributed by atoms with E-state index in [2.05, 4.69) is 0 Å². The summed E-state index contributed by atoms with van der Waals surface area (Å²) in [7, 11) is 0. The Bertz CT molecular complexity index is 1660. The zero-order valence-corrected chi connectivity index (χ0v) is 27.7. The number of ether oxygens (including phenoxy) is 6. The average molecular weight is 692 g/mol. The van der Waals surface area contributed by atoms with Crippen LogP contribution in [0.2, 0.25) is 0 Å². The SMILES string of the molecule is O=C(CCCl)OC(COc1cccc(OCC(COc2cccc3ccccc23)OC(=O)CCCl)c1)COc1cccc2ccccc12. The number of carbonyl (C=O) groups excluding carboxylic acids is 2. The zero-order chi connectivity index (χ0) is 33.6. The standard InChI is InChI=1S/C38H36Cl2O8/c39-20-18-37(41)47-31(25-45-35-16-5-10-27-8-1-3-14-33(27)35)23-43-29-12-7-13-30(22-29)44-24-32(48-38(42)19-21-40)26-46-36-17-6-11-28-9-2-4-15-34(28)36/h1-17,22,31-32H,18-21,23-26H2. The van der Waals surface area contributed by atoms with Crippen LogP contribution in [-0.2, 0) is 19.1 Å². The van der Waals surface area contributed by atoms with E-state index in [0.29, 0.717) is 23.0 Å². The molecule has 0 radical (unpaired) electrons. The molecule has 0 amide bonds. The number of hydrogen-bond donors (Lipinski definition) is 0. The van der Waals surface area contributed by atoms with Crippen molar-refractivity contribution in [3.05, 3.63) is 109 Å². The Morgan fingerprint density at radius 1 is 0.500 bits per heavy atom. The summed E-state index contributed by atoms with van der Waals surface area (Å²) in [5.74, 6) is 1.71. The third-order valence-corrected chi connectivity index (χ3v) is 7.60. The lowest BCUT2D eigenvalue weighted by atomic mass is 10.1. The Hall–Kier alpha value is -4.66. The maximum Gasteiger partial charge on any atom is 0.307 e. The Morgan fingerprint density at radius 2 is 0.896 bits per heavy atom. The number of alkyl halides is 2. The van der Waals surface area contributed by atoms with Crippen molar-refractivity contribution in [2.75, 3.05) is 38.2 Å². The lowest BCUT2D eigenvalue weighted by Crippen LogP contribution is -2.31. The molecule has 5 aromatic rings. The van der Waals surface area contributed by atoms with Crippen LogP contribution in [0.4, 0.5) is 0 Å². The summed E-state index contributed by atoms with van der Waals surface area (Å²) in [5.41, 5.74) is 0. The van der Waals surface area contributed by atoms with Crippen LogP contribution in [0.5, 0.6) is 23.0 Å². The molecule has 0 bridgehead atoms. The molecule has 5 aromatic carbocycles. The molecule has 8 nitrogen and oxygen atoms in total. The molecule has 2 unspecified atom stereocenters. The molecule has 0 aliphatic rings. The van der Waals surface area contributed by atoms with Crippen LogP contribution >= 0.6 is 23.2 Å². The van der Waals surface area contributed by atoms with Crippen molar-refractivity contribution >= 4 is 56.7 Å². The predicted octanol–water partition coefficient (Wildman–Crippen LogP) is 7.99. The highest BCUT2D eigenvalue weighted by Gasteiger charge is 2.19. The number of halogens is 2. The van der Waals surface area contributed by atoms with Crippen LogP contribution in [0.1, 0.15) is 12.8 Å². The lowest BCUT2D eigenvalue weighted by Gasteiger charge is -2.21. The number of hydrogen-bond acceptors (Lipinski definition) is 8. The second-order valence-electron chi connectivity index (χ2n) is 10.8. The molecule has 0 aromatic heterocycles. The second kappa shape index (κ2) is 18.0. The molecule has 5 rings (SSSR count). The first kappa shape index (κ1) is 34.7. The molecule has 0 saturated carbocycles. The number of esters is 2. The fourth-order valence-corrected chi connectivity index (χ4v) is 5.23. The van der Waals surface area contributed by atoms with Crippen molar-refractivity contribution in [2.45, 2.75) is 25.0 Å². The van der Waals surface area contributed by atoms with Crippen molar-refractivity contribution in [3.63, 3.8) is 0 Å². The number of carbonyl (C=O) groups is 2. The summed E-state index contributed by atoms with van der Waals surface area (Å²) < 4.78 is 35.5. The van der Waals surface area contributed by atoms with Gasteiger partial charge in [0.2, 0.25) is 0 Å². The zero-order valence-electron chi connectivity index (χ0n) is 26.2. The highest BCUT2D eigenvalue weighted by atomic mass is 35.5. The van der Waals surface area contributed by atoms with Crippen LogP contribution in [0, 0.1) is 0 Å². The van der Waals surface area contributed by atoms with Crippen LogP contribution in [0.3, 0.4) is 0 Å². The Balaban J connectivity index is 1.21. The van der Waals surface area contributed by atoms with Gasteiger partial charge in [-0.2, -0.15) is 0 Å². The Labute approximate surface area is 289 Å². The minimum absolute atomic E-state index is 0.0276. The molecule has 48 heavy (non-hydrogen) atoms. The van der Waals surface area contributed by atoms with Crippen LogP contribution in [0.25, 0.3) is 21.5 Å². The molecule has 0 fully saturated rings. The smallest absolute Gasteiger partial charge is 0.307 e. The summed E-state index contributed by atoms with van der Waals surface area (Å²) in [6.07, 6.45) is -1.28. The average Bonchev–Trinajstić information content (AvgIpc) is 3.11. The van der Waals surface area contributed by atoms with E-state index in [1.165, 1.54) is 0 Å². The van der Waals surface area contributed by atoms with Gasteiger partial charge in [0.1, 0.15) is 49.4 Å². The minimum Gasteiger partial charge on any atom is -0.489 e. The topological polar surface area (TPSA) is 89.5 Å². The molecule has 0 aliphatic carbocycles. The van der Waals surface area contributed by atoms with E-state index in [1.807, 2.05) is 84.9 Å². The molecule has 250 valence electrons. The van der Waals surface area contributed by atoms with Crippen molar-refractivity contribution < 1.29 is 38.0 Å². The predicted molar refractivity (Wildman–Crippen MR) is 187 cm³/mol. The van der Waals surface area contributed by atoms with Gasteiger partial charge in [0.25, 0.3) is 0 Å². The van der Waals surface area contributed by atoms with Gasteiger partial charge in [-0.15, -0.1) is 23.2 Å². The van der Waals surface area contributed by atoms with E-state index in [-0.39, 0.29) is 51.0 Å². The molecule has 0 aliphatic heterocycles. The van der Waals surface area contributed by atoms with E-state index in [4.69, 9.17) is 51.6 Å². The van der Waals surface area contributed by atoms with Gasteiger partial charge < -0.3 is 28.4 Å². The molecular formula is C38H36Cl2O8. The highest BCUT2D eigenvalue weighted by molar-refractivity contribution is 6.19. The maximum absolute atomic E-state index is 12.3. The fourth-order valence-electron chi connectivity index (χ4n) is 4.92. The first-order valence-corrected chi connectivity index (χ1v) is 16.7. The van der Waals surface area contributed by atoms with Crippen LogP contribution in [0.15, 0.2) is 109 Å². The van der Waals surface area contributed by atoms with Crippen molar-refractivity contribution in [2.24, 2.45) is 0 Å². The van der Waals surface area contributed by atoms with Gasteiger partial charge >= 0.3 is 11.9 Å². The lowest BCUT2D eigenvalue weighted by molar-refractivity contribution is -0.152. The summed E-state index contributed by atoms with van der Waals surface area (Å²) in [4.78, 5) is 24.7. The van der Waals surface area contributed by atoms with Gasteiger partial charge in [-0.25, -0.2) is 0 Å². The van der Waals surface area contributed by atoms with E-state index in [0.717, 1.165) is 21.5 Å². The molecule has 2 atom stereocenters. The van der Waals surface area contributed by atoms with Crippen molar-refractivity contribution in [1.29, 1.82) is 0 Å². The molecule has 0 heterocycles. The van der Waals surface area contributed by atoms with Gasteiger partial charge in [-0.05, 0) is 35.0 Å². The monoisotopic (exact) mass is 690 g/mol. The van der Waals surface area contributed by atoms with Crippen LogP contribution in [-0.4, -0.2) is 62.3 Å². The number of fused-ring (bicyclic) bond motifs is 2. The first-order valence-electron chi connectivity index (χ1n) is 15.6. The molecule has 0 spiro atoms. The molecule has 0 saturated heterocycles. The molecule has 0 N–H and O–H groups in total. The summed E-state index contributed by atoms with van der Waals surface area (Å²) in [5, 5.41) is 3.97. The van der Waals surface area contributed by atoms with E-state index >= 15 is 0 Å². The third kappa shape index (κ3) is 10.2. The number of benzene rings is 5. The highest BCUT2D eigenvalue weighted by Crippen LogP contribution is 2.27. The summed E-state index contributed by atoms with van der Waals surface area (Å²) in [6, 6.07) is 34.3. The van der Waals surface area contributed by atoms with Gasteiger partial charge in [0.15, 0.2) is 12.2 Å². The summed E-state index contributed by atoms with van der Waals surface area (Å²) >= 11 is 11.5. The maximum atomic E-state index is 12.3. The largest absolute Gasteiger partial charge is 0.489 e. The second-order valence-corrected chi connectivity index (χ2v) is 11.5. The minimum atomic E-state index is -0.707. The quantitative estimate of drug-likeness (QED) is 0.0675. The van der Waals surface area contributed by atoms with Gasteiger partial charge in [-0.3, -0.25) is 9.59 Å². The van der Waals surface area contributed by atoms with Crippen molar-refractivity contribution in [3.8, 4) is 23.0 Å². The van der Waals surface area contributed by atoms with E-state index in [1.54, 1.807) is 24.3 Å². The van der Waals surface area contributed by atoms with Gasteiger partial charge in [0, 0.05) is 28.6 Å².